The number of amides is 1. The maximum absolute atomic E-state index is 12.9. The third kappa shape index (κ3) is 4.99. The summed E-state index contributed by atoms with van der Waals surface area (Å²) in [5.74, 6) is -0.0887. The standard InChI is InChI=1S/C24H18N4O6S/c1-2-34-22-9-4-3-8-20(22)26-21(16-10-12-18(13-11-16)27(30)31)15-35-24(26)25-23(29)17-6-5-7-19(14-17)28(32)33/h3-15H,2H2,1H3. The van der Waals surface area contributed by atoms with E-state index in [0.29, 0.717) is 34.1 Å². The number of carbonyl (C=O) groups is 1. The molecule has 0 saturated heterocycles. The van der Waals surface area contributed by atoms with Gasteiger partial charge in [0.05, 0.1) is 27.8 Å². The van der Waals surface area contributed by atoms with E-state index in [1.807, 2.05) is 25.1 Å². The Morgan fingerprint density at radius 2 is 1.69 bits per heavy atom. The summed E-state index contributed by atoms with van der Waals surface area (Å²) in [5.41, 5.74) is 1.75. The van der Waals surface area contributed by atoms with Crippen LogP contribution >= 0.6 is 11.3 Å². The predicted octanol–water partition coefficient (Wildman–Crippen LogP) is 5.16. The Morgan fingerprint density at radius 1 is 0.971 bits per heavy atom. The highest BCUT2D eigenvalue weighted by molar-refractivity contribution is 7.07. The molecule has 35 heavy (non-hydrogen) atoms. The summed E-state index contributed by atoms with van der Waals surface area (Å²) in [7, 11) is 0. The quantitative estimate of drug-likeness (QED) is 0.260. The van der Waals surface area contributed by atoms with Crippen LogP contribution in [0.25, 0.3) is 16.9 Å². The van der Waals surface area contributed by atoms with Gasteiger partial charge in [0.25, 0.3) is 17.3 Å². The SMILES string of the molecule is CCOc1ccccc1-n1c(-c2ccc([N+](=O)[O-])cc2)csc1=NC(=O)c1cccc([N+](=O)[O-])c1. The summed E-state index contributed by atoms with van der Waals surface area (Å²) >= 11 is 1.19. The number of nitro benzene ring substituents is 2. The Kier molecular flexibility index (Phi) is 6.78. The normalized spacial score (nSPS) is 11.3. The fraction of sp³-hybridized carbons (Fsp3) is 0.0833. The topological polar surface area (TPSA) is 130 Å². The van der Waals surface area contributed by atoms with E-state index in [1.165, 1.54) is 47.7 Å². The van der Waals surface area contributed by atoms with Crippen LogP contribution in [0.15, 0.2) is 83.2 Å². The molecule has 4 aromatic rings. The van der Waals surface area contributed by atoms with Gasteiger partial charge in [-0.25, -0.2) is 0 Å². The lowest BCUT2D eigenvalue weighted by molar-refractivity contribution is -0.385. The highest BCUT2D eigenvalue weighted by atomic mass is 32.1. The molecule has 0 fully saturated rings. The second kappa shape index (κ2) is 10.1. The van der Waals surface area contributed by atoms with E-state index in [9.17, 15) is 25.0 Å². The maximum atomic E-state index is 12.9. The number of benzene rings is 3. The molecule has 1 heterocycles. The van der Waals surface area contributed by atoms with E-state index in [-0.39, 0.29) is 16.9 Å². The molecule has 0 aliphatic carbocycles. The van der Waals surface area contributed by atoms with Crippen LogP contribution < -0.4 is 9.54 Å². The second-order valence-corrected chi connectivity index (χ2v) is 8.00. The fourth-order valence-electron chi connectivity index (χ4n) is 3.40. The van der Waals surface area contributed by atoms with E-state index >= 15 is 0 Å². The molecule has 0 spiro atoms. The van der Waals surface area contributed by atoms with Gasteiger partial charge in [0.15, 0.2) is 4.80 Å². The Morgan fingerprint density at radius 3 is 2.37 bits per heavy atom. The van der Waals surface area contributed by atoms with Crippen LogP contribution in [0.1, 0.15) is 17.3 Å². The molecule has 0 aliphatic rings. The molecule has 176 valence electrons. The molecule has 11 heteroatoms. The van der Waals surface area contributed by atoms with E-state index in [4.69, 9.17) is 4.74 Å². The molecule has 3 aromatic carbocycles. The van der Waals surface area contributed by atoms with Crippen molar-refractivity contribution in [2.75, 3.05) is 6.61 Å². The summed E-state index contributed by atoms with van der Waals surface area (Å²) in [6, 6.07) is 18.6. The Balaban J connectivity index is 1.90. The van der Waals surface area contributed by atoms with Crippen molar-refractivity contribution in [1.82, 2.24) is 4.57 Å². The molecule has 0 radical (unpaired) electrons. The molecule has 0 saturated carbocycles. The van der Waals surface area contributed by atoms with Gasteiger partial charge in [0.1, 0.15) is 5.75 Å². The Labute approximate surface area is 202 Å². The monoisotopic (exact) mass is 490 g/mol. The van der Waals surface area contributed by atoms with Crippen LogP contribution in [0.5, 0.6) is 5.75 Å². The van der Waals surface area contributed by atoms with Gasteiger partial charge in [-0.05, 0) is 42.8 Å². The first kappa shape index (κ1) is 23.5. The van der Waals surface area contributed by atoms with Gasteiger partial charge in [-0.2, -0.15) is 4.99 Å². The number of hydrogen-bond acceptors (Lipinski definition) is 7. The molecule has 0 atom stereocenters. The van der Waals surface area contributed by atoms with Crippen LogP contribution in [0.3, 0.4) is 0 Å². The number of rotatable bonds is 7. The number of nitro groups is 2. The van der Waals surface area contributed by atoms with Gasteiger partial charge in [0, 0.05) is 35.2 Å². The van der Waals surface area contributed by atoms with E-state index in [0.717, 1.165) is 0 Å². The number of nitrogens with zero attached hydrogens (tertiary/aromatic N) is 4. The molecular weight excluding hydrogens is 472 g/mol. The van der Waals surface area contributed by atoms with Crippen LogP contribution in [-0.4, -0.2) is 26.9 Å². The molecular formula is C24H18N4O6S. The summed E-state index contributed by atoms with van der Waals surface area (Å²) in [6.07, 6.45) is 0. The average Bonchev–Trinajstić information content (AvgIpc) is 3.27. The average molecular weight is 490 g/mol. The summed E-state index contributed by atoms with van der Waals surface area (Å²) in [4.78, 5) is 38.6. The van der Waals surface area contributed by atoms with Gasteiger partial charge in [-0.15, -0.1) is 11.3 Å². The van der Waals surface area contributed by atoms with E-state index < -0.39 is 15.8 Å². The van der Waals surface area contributed by atoms with Gasteiger partial charge in [-0.1, -0.05) is 18.2 Å². The number of ether oxygens (including phenoxy) is 1. The highest BCUT2D eigenvalue weighted by Crippen LogP contribution is 2.30. The molecule has 4 rings (SSSR count). The number of non-ortho nitro benzene ring substituents is 2. The zero-order valence-corrected chi connectivity index (χ0v) is 19.2. The van der Waals surface area contributed by atoms with Crippen molar-refractivity contribution in [2.24, 2.45) is 4.99 Å². The lowest BCUT2D eigenvalue weighted by Gasteiger charge is -2.14. The molecule has 1 amide bonds. The predicted molar refractivity (Wildman–Crippen MR) is 130 cm³/mol. The number of carbonyl (C=O) groups excluding carboxylic acids is 1. The van der Waals surface area contributed by atoms with Crippen LogP contribution in [-0.2, 0) is 0 Å². The van der Waals surface area contributed by atoms with Crippen molar-refractivity contribution in [3.63, 3.8) is 0 Å². The van der Waals surface area contributed by atoms with Crippen LogP contribution in [0.4, 0.5) is 11.4 Å². The third-order valence-corrected chi connectivity index (χ3v) is 5.81. The Bertz CT molecular complexity index is 1490. The van der Waals surface area contributed by atoms with Crippen molar-refractivity contribution in [3.8, 4) is 22.7 Å². The fourth-order valence-corrected chi connectivity index (χ4v) is 4.30. The van der Waals surface area contributed by atoms with Gasteiger partial charge in [-0.3, -0.25) is 29.6 Å². The minimum atomic E-state index is -0.645. The molecule has 0 unspecified atom stereocenters. The van der Waals surface area contributed by atoms with Crippen LogP contribution in [0.2, 0.25) is 0 Å². The smallest absolute Gasteiger partial charge is 0.279 e. The van der Waals surface area contributed by atoms with Crippen molar-refractivity contribution in [2.45, 2.75) is 6.92 Å². The summed E-state index contributed by atoms with van der Waals surface area (Å²) in [5, 5.41) is 24.0. The first-order valence-corrected chi connectivity index (χ1v) is 11.3. The van der Waals surface area contributed by atoms with E-state index in [1.54, 1.807) is 28.1 Å². The largest absolute Gasteiger partial charge is 0.492 e. The minimum Gasteiger partial charge on any atom is -0.492 e. The molecule has 0 aliphatic heterocycles. The minimum absolute atomic E-state index is 0.0454. The first-order chi connectivity index (χ1) is 16.9. The Hall–Kier alpha value is -4.64. The highest BCUT2D eigenvalue weighted by Gasteiger charge is 2.17. The molecule has 0 bridgehead atoms. The number of para-hydroxylation sites is 2. The second-order valence-electron chi connectivity index (χ2n) is 7.17. The van der Waals surface area contributed by atoms with Gasteiger partial charge < -0.3 is 4.74 Å². The van der Waals surface area contributed by atoms with Gasteiger partial charge in [0.2, 0.25) is 0 Å². The molecule has 10 nitrogen and oxygen atoms in total. The lowest BCUT2D eigenvalue weighted by atomic mass is 10.1. The van der Waals surface area contributed by atoms with Gasteiger partial charge >= 0.3 is 0 Å². The first-order valence-electron chi connectivity index (χ1n) is 10.4. The van der Waals surface area contributed by atoms with E-state index in [2.05, 4.69) is 4.99 Å². The third-order valence-electron chi connectivity index (χ3n) is 4.99. The van der Waals surface area contributed by atoms with Crippen molar-refractivity contribution < 1.29 is 19.4 Å². The maximum Gasteiger partial charge on any atom is 0.279 e. The summed E-state index contributed by atoms with van der Waals surface area (Å²) in [6.45, 7) is 2.26. The van der Waals surface area contributed by atoms with Crippen molar-refractivity contribution >= 4 is 28.6 Å². The lowest BCUT2D eigenvalue weighted by Crippen LogP contribution is -2.17. The zero-order chi connectivity index (χ0) is 24.9. The van der Waals surface area contributed by atoms with Crippen molar-refractivity contribution in [1.29, 1.82) is 0 Å². The molecule has 1 aromatic heterocycles. The zero-order valence-electron chi connectivity index (χ0n) is 18.4. The van der Waals surface area contributed by atoms with Crippen molar-refractivity contribution in [3.05, 3.63) is 109 Å². The summed E-state index contributed by atoms with van der Waals surface area (Å²) < 4.78 is 7.51. The number of aromatic nitrogens is 1. The molecule has 0 N–H and O–H groups in total. The number of hydrogen-bond donors (Lipinski definition) is 0. The van der Waals surface area contributed by atoms with Crippen LogP contribution in [0, 0.1) is 20.2 Å². The number of thiazole rings is 1.